The molecule has 0 spiro atoms. The third kappa shape index (κ3) is 3.36. The minimum absolute atomic E-state index is 0.00933. The number of nitrogens with zero attached hydrogens (tertiary/aromatic N) is 1. The third-order valence-electron chi connectivity index (χ3n) is 4.28. The van der Waals surface area contributed by atoms with Crippen LogP contribution in [0, 0.1) is 11.8 Å². The number of aromatic nitrogens is 1. The highest BCUT2D eigenvalue weighted by Crippen LogP contribution is 2.33. The Kier molecular flexibility index (Phi) is 4.84. The molecule has 1 N–H and O–H groups in total. The standard InChI is InChI=1S/C16H19ClN2O2S/c1-21-15(20)12-5-3-2-4-10(12)9-18-16-19-13-7-6-11(17)8-14(13)22-16/h6-8,10,12H,2-5,9H2,1H3,(H,18,19). The number of hydrogen-bond acceptors (Lipinski definition) is 5. The molecule has 0 radical (unpaired) electrons. The largest absolute Gasteiger partial charge is 0.469 e. The van der Waals surface area contributed by atoms with Gasteiger partial charge in [0.1, 0.15) is 0 Å². The molecule has 6 heteroatoms. The van der Waals surface area contributed by atoms with Crippen LogP contribution in [0.1, 0.15) is 25.7 Å². The summed E-state index contributed by atoms with van der Waals surface area (Å²) in [6.45, 7) is 0.757. The van der Waals surface area contributed by atoms with Crippen molar-refractivity contribution in [3.05, 3.63) is 23.2 Å². The number of rotatable bonds is 4. The molecule has 4 nitrogen and oxygen atoms in total. The highest BCUT2D eigenvalue weighted by molar-refractivity contribution is 7.22. The molecular weight excluding hydrogens is 320 g/mol. The van der Waals surface area contributed by atoms with Gasteiger partial charge in [0, 0.05) is 11.6 Å². The van der Waals surface area contributed by atoms with E-state index in [0.29, 0.717) is 5.92 Å². The summed E-state index contributed by atoms with van der Waals surface area (Å²) in [6.07, 6.45) is 4.27. The predicted molar refractivity (Wildman–Crippen MR) is 90.6 cm³/mol. The predicted octanol–water partition coefficient (Wildman–Crippen LogP) is 4.34. The van der Waals surface area contributed by atoms with Crippen molar-refractivity contribution in [3.63, 3.8) is 0 Å². The summed E-state index contributed by atoms with van der Waals surface area (Å²) < 4.78 is 6.01. The molecule has 0 amide bonds. The number of fused-ring (bicyclic) bond motifs is 1. The van der Waals surface area contributed by atoms with Gasteiger partial charge in [-0.05, 0) is 37.0 Å². The molecule has 118 valence electrons. The molecule has 1 heterocycles. The molecule has 0 aliphatic heterocycles. The lowest BCUT2D eigenvalue weighted by Gasteiger charge is -2.29. The zero-order valence-electron chi connectivity index (χ0n) is 12.5. The van der Waals surface area contributed by atoms with E-state index in [2.05, 4.69) is 10.3 Å². The number of methoxy groups -OCH3 is 1. The van der Waals surface area contributed by atoms with Crippen LogP contribution in [0.15, 0.2) is 18.2 Å². The molecule has 1 aromatic carbocycles. The second-order valence-electron chi connectivity index (χ2n) is 5.69. The van der Waals surface area contributed by atoms with Crippen LogP contribution in [0.25, 0.3) is 10.2 Å². The minimum atomic E-state index is -0.0809. The summed E-state index contributed by atoms with van der Waals surface area (Å²) in [7, 11) is 1.47. The Bertz CT molecular complexity index is 673. The van der Waals surface area contributed by atoms with Crippen molar-refractivity contribution < 1.29 is 9.53 Å². The third-order valence-corrected chi connectivity index (χ3v) is 5.49. The van der Waals surface area contributed by atoms with Crippen LogP contribution < -0.4 is 5.32 Å². The number of thiazole rings is 1. The van der Waals surface area contributed by atoms with E-state index in [0.717, 1.165) is 46.2 Å². The average Bonchev–Trinajstić information content (AvgIpc) is 2.94. The first kappa shape index (κ1) is 15.6. The van der Waals surface area contributed by atoms with Crippen molar-refractivity contribution >= 4 is 44.3 Å². The number of hydrogen-bond donors (Lipinski definition) is 1. The van der Waals surface area contributed by atoms with Crippen LogP contribution in [-0.2, 0) is 9.53 Å². The van der Waals surface area contributed by atoms with Gasteiger partial charge in [-0.25, -0.2) is 4.98 Å². The van der Waals surface area contributed by atoms with Crippen molar-refractivity contribution in [2.45, 2.75) is 25.7 Å². The zero-order valence-corrected chi connectivity index (χ0v) is 14.0. The van der Waals surface area contributed by atoms with Crippen LogP contribution in [0.4, 0.5) is 5.13 Å². The van der Waals surface area contributed by atoms with Gasteiger partial charge in [0.15, 0.2) is 5.13 Å². The summed E-state index contributed by atoms with van der Waals surface area (Å²) in [6, 6.07) is 5.70. The molecule has 3 rings (SSSR count). The fraction of sp³-hybridized carbons (Fsp3) is 0.500. The number of benzene rings is 1. The van der Waals surface area contributed by atoms with E-state index in [1.54, 1.807) is 11.3 Å². The van der Waals surface area contributed by atoms with Crippen LogP contribution >= 0.6 is 22.9 Å². The average molecular weight is 339 g/mol. The number of halogens is 1. The number of anilines is 1. The van der Waals surface area contributed by atoms with Gasteiger partial charge in [-0.2, -0.15) is 0 Å². The van der Waals surface area contributed by atoms with Crippen LogP contribution in [0.5, 0.6) is 0 Å². The molecule has 2 unspecified atom stereocenters. The smallest absolute Gasteiger partial charge is 0.309 e. The fourth-order valence-corrected chi connectivity index (χ4v) is 4.25. The maximum Gasteiger partial charge on any atom is 0.309 e. The second kappa shape index (κ2) is 6.84. The van der Waals surface area contributed by atoms with Gasteiger partial charge in [-0.3, -0.25) is 4.79 Å². The first-order valence-electron chi connectivity index (χ1n) is 7.55. The molecule has 22 heavy (non-hydrogen) atoms. The minimum Gasteiger partial charge on any atom is -0.469 e. The molecule has 1 aliphatic rings. The SMILES string of the molecule is COC(=O)C1CCCCC1CNc1nc2ccc(Cl)cc2s1. The molecule has 0 saturated heterocycles. The molecule has 1 aromatic heterocycles. The number of carbonyl (C=O) groups excluding carboxylic acids is 1. The number of carbonyl (C=O) groups is 1. The zero-order chi connectivity index (χ0) is 15.5. The number of esters is 1. The lowest BCUT2D eigenvalue weighted by atomic mass is 9.79. The molecule has 1 fully saturated rings. The first-order valence-corrected chi connectivity index (χ1v) is 8.74. The number of nitrogens with one attached hydrogen (secondary N) is 1. The van der Waals surface area contributed by atoms with Crippen molar-refractivity contribution in [2.24, 2.45) is 11.8 Å². The van der Waals surface area contributed by atoms with Gasteiger partial charge in [-0.15, -0.1) is 0 Å². The van der Waals surface area contributed by atoms with E-state index in [1.807, 2.05) is 18.2 Å². The van der Waals surface area contributed by atoms with Crippen molar-refractivity contribution in [2.75, 3.05) is 19.0 Å². The molecule has 2 aromatic rings. The maximum absolute atomic E-state index is 11.9. The first-order chi connectivity index (χ1) is 10.7. The number of ether oxygens (including phenoxy) is 1. The lowest BCUT2D eigenvalue weighted by Crippen LogP contribution is -2.32. The van der Waals surface area contributed by atoms with Crippen molar-refractivity contribution in [3.8, 4) is 0 Å². The van der Waals surface area contributed by atoms with Crippen molar-refractivity contribution in [1.82, 2.24) is 4.98 Å². The molecule has 1 aliphatic carbocycles. The fourth-order valence-electron chi connectivity index (χ4n) is 3.11. The van der Waals surface area contributed by atoms with Gasteiger partial charge in [0.2, 0.25) is 0 Å². The molecular formula is C16H19ClN2O2S. The second-order valence-corrected chi connectivity index (χ2v) is 7.15. The van der Waals surface area contributed by atoms with E-state index in [9.17, 15) is 4.79 Å². The van der Waals surface area contributed by atoms with Crippen LogP contribution in [0.2, 0.25) is 5.02 Å². The van der Waals surface area contributed by atoms with Gasteiger partial charge >= 0.3 is 5.97 Å². The van der Waals surface area contributed by atoms with Gasteiger partial charge in [-0.1, -0.05) is 35.8 Å². The molecule has 2 atom stereocenters. The topological polar surface area (TPSA) is 51.2 Å². The Morgan fingerprint density at radius 2 is 2.27 bits per heavy atom. The van der Waals surface area contributed by atoms with Gasteiger partial charge < -0.3 is 10.1 Å². The molecule has 0 bridgehead atoms. The van der Waals surface area contributed by atoms with Crippen LogP contribution in [0.3, 0.4) is 0 Å². The lowest BCUT2D eigenvalue weighted by molar-refractivity contribution is -0.148. The Morgan fingerprint density at radius 1 is 1.45 bits per heavy atom. The normalized spacial score (nSPS) is 21.7. The quantitative estimate of drug-likeness (QED) is 0.842. The summed E-state index contributed by atoms with van der Waals surface area (Å²) in [5.74, 6) is 0.245. The van der Waals surface area contributed by atoms with E-state index in [-0.39, 0.29) is 11.9 Å². The Hall–Kier alpha value is -1.33. The maximum atomic E-state index is 11.9. The Labute approximate surface area is 138 Å². The Balaban J connectivity index is 1.68. The molecule has 1 saturated carbocycles. The highest BCUT2D eigenvalue weighted by Gasteiger charge is 2.31. The summed E-state index contributed by atoms with van der Waals surface area (Å²) >= 11 is 7.60. The summed E-state index contributed by atoms with van der Waals surface area (Å²) in [5.41, 5.74) is 0.949. The van der Waals surface area contributed by atoms with E-state index in [1.165, 1.54) is 13.5 Å². The van der Waals surface area contributed by atoms with E-state index < -0.39 is 0 Å². The van der Waals surface area contributed by atoms with Crippen molar-refractivity contribution in [1.29, 1.82) is 0 Å². The van der Waals surface area contributed by atoms with E-state index >= 15 is 0 Å². The van der Waals surface area contributed by atoms with Crippen LogP contribution in [-0.4, -0.2) is 24.6 Å². The highest BCUT2D eigenvalue weighted by atomic mass is 35.5. The van der Waals surface area contributed by atoms with E-state index in [4.69, 9.17) is 16.3 Å². The monoisotopic (exact) mass is 338 g/mol. The summed E-state index contributed by atoms with van der Waals surface area (Å²) in [5, 5.41) is 4.99. The van der Waals surface area contributed by atoms with Gasteiger partial charge in [0.25, 0.3) is 0 Å². The summed E-state index contributed by atoms with van der Waals surface area (Å²) in [4.78, 5) is 16.5. The van der Waals surface area contributed by atoms with Gasteiger partial charge in [0.05, 0.1) is 23.2 Å². The Morgan fingerprint density at radius 3 is 3.09 bits per heavy atom.